The molecule has 4 nitrogen and oxygen atoms in total. The fourth-order valence-corrected chi connectivity index (χ4v) is 2.11. The third-order valence-corrected chi connectivity index (χ3v) is 3.19. The predicted octanol–water partition coefficient (Wildman–Crippen LogP) is 3.61. The Bertz CT molecular complexity index is 800. The summed E-state index contributed by atoms with van der Waals surface area (Å²) in [5.41, 5.74) is 1.54. The number of rotatable bonds is 2. The molecule has 0 unspecified atom stereocenters. The van der Waals surface area contributed by atoms with Gasteiger partial charge in [-0.05, 0) is 24.3 Å². The van der Waals surface area contributed by atoms with Gasteiger partial charge in [0.05, 0.1) is 22.3 Å². The molecule has 2 aromatic carbocycles. The van der Waals surface area contributed by atoms with Crippen LogP contribution in [-0.2, 0) is 0 Å². The van der Waals surface area contributed by atoms with Crippen molar-refractivity contribution in [2.75, 3.05) is 5.32 Å². The van der Waals surface area contributed by atoms with Crippen LogP contribution in [0, 0.1) is 5.82 Å². The second kappa shape index (κ2) is 4.94. The van der Waals surface area contributed by atoms with Gasteiger partial charge in [-0.15, -0.1) is 0 Å². The maximum absolute atomic E-state index is 13.1. The number of benzene rings is 2. The van der Waals surface area contributed by atoms with E-state index in [4.69, 9.17) is 11.6 Å². The monoisotopic (exact) mass is 289 g/mol. The Balaban J connectivity index is 1.93. The highest BCUT2D eigenvalue weighted by atomic mass is 35.5. The Morgan fingerprint density at radius 1 is 1.30 bits per heavy atom. The average Bonchev–Trinajstić information content (AvgIpc) is 2.91. The minimum atomic E-state index is -0.527. The number of aromatic nitrogens is 2. The molecule has 0 aliphatic heterocycles. The molecule has 100 valence electrons. The standard InChI is InChI=1S/C14H9ClFN3O/c15-11-6-9(4-5-12(11)16)18-14(20)10-3-1-2-8-7-17-19-13(8)10/h1-7H,(H,17,19)(H,18,20). The molecule has 1 amide bonds. The quantitative estimate of drug-likeness (QED) is 0.757. The first-order chi connectivity index (χ1) is 9.65. The molecule has 0 aliphatic rings. The molecule has 2 N–H and O–H groups in total. The van der Waals surface area contributed by atoms with Crippen LogP contribution in [0.15, 0.2) is 42.6 Å². The molecule has 0 spiro atoms. The normalized spacial score (nSPS) is 10.7. The van der Waals surface area contributed by atoms with E-state index in [1.807, 2.05) is 6.07 Å². The molecule has 1 aromatic heterocycles. The lowest BCUT2D eigenvalue weighted by atomic mass is 10.1. The van der Waals surface area contributed by atoms with Gasteiger partial charge < -0.3 is 5.32 Å². The van der Waals surface area contributed by atoms with E-state index in [0.717, 1.165) is 5.39 Å². The fraction of sp³-hybridized carbons (Fsp3) is 0. The largest absolute Gasteiger partial charge is 0.322 e. The van der Waals surface area contributed by atoms with Gasteiger partial charge in [-0.25, -0.2) is 4.39 Å². The van der Waals surface area contributed by atoms with Crippen LogP contribution in [0.2, 0.25) is 5.02 Å². The zero-order valence-corrected chi connectivity index (χ0v) is 10.9. The van der Waals surface area contributed by atoms with Gasteiger partial charge in [0, 0.05) is 11.1 Å². The van der Waals surface area contributed by atoms with E-state index in [0.29, 0.717) is 16.8 Å². The third kappa shape index (κ3) is 2.23. The molecule has 0 atom stereocenters. The van der Waals surface area contributed by atoms with Crippen LogP contribution < -0.4 is 5.32 Å². The van der Waals surface area contributed by atoms with Crippen molar-refractivity contribution in [2.45, 2.75) is 0 Å². The number of carbonyl (C=O) groups is 1. The van der Waals surface area contributed by atoms with Crippen LogP contribution in [0.3, 0.4) is 0 Å². The van der Waals surface area contributed by atoms with E-state index >= 15 is 0 Å². The number of H-pyrrole nitrogens is 1. The first-order valence-electron chi connectivity index (χ1n) is 5.83. The zero-order valence-electron chi connectivity index (χ0n) is 10.2. The van der Waals surface area contributed by atoms with Crippen LogP contribution in [0.1, 0.15) is 10.4 Å². The summed E-state index contributed by atoms with van der Waals surface area (Å²) in [5.74, 6) is -0.845. The molecule has 0 saturated carbocycles. The van der Waals surface area contributed by atoms with Crippen molar-refractivity contribution in [3.05, 3.63) is 59.0 Å². The maximum Gasteiger partial charge on any atom is 0.257 e. The Labute approximate surface area is 118 Å². The Morgan fingerprint density at radius 3 is 2.95 bits per heavy atom. The second-order valence-corrected chi connectivity index (χ2v) is 4.63. The summed E-state index contributed by atoms with van der Waals surface area (Å²) in [6, 6.07) is 9.32. The lowest BCUT2D eigenvalue weighted by Gasteiger charge is -2.06. The van der Waals surface area contributed by atoms with E-state index in [1.54, 1.807) is 18.3 Å². The van der Waals surface area contributed by atoms with Gasteiger partial charge in [-0.1, -0.05) is 23.7 Å². The number of halogens is 2. The van der Waals surface area contributed by atoms with Crippen molar-refractivity contribution < 1.29 is 9.18 Å². The summed E-state index contributed by atoms with van der Waals surface area (Å²) < 4.78 is 13.1. The van der Waals surface area contributed by atoms with Crippen LogP contribution in [-0.4, -0.2) is 16.1 Å². The van der Waals surface area contributed by atoms with Gasteiger partial charge in [-0.2, -0.15) is 5.10 Å². The van der Waals surface area contributed by atoms with E-state index in [-0.39, 0.29) is 10.9 Å². The van der Waals surface area contributed by atoms with Crippen LogP contribution in [0.25, 0.3) is 10.9 Å². The summed E-state index contributed by atoms with van der Waals surface area (Å²) in [6.45, 7) is 0. The number of fused-ring (bicyclic) bond motifs is 1. The number of hydrogen-bond donors (Lipinski definition) is 2. The number of anilines is 1. The molecule has 1 heterocycles. The van der Waals surface area contributed by atoms with Crippen LogP contribution in [0.4, 0.5) is 10.1 Å². The van der Waals surface area contributed by atoms with E-state index < -0.39 is 5.82 Å². The molecule has 20 heavy (non-hydrogen) atoms. The molecule has 0 aliphatic carbocycles. The highest BCUT2D eigenvalue weighted by Gasteiger charge is 2.12. The molecule has 6 heteroatoms. The zero-order chi connectivity index (χ0) is 14.1. The topological polar surface area (TPSA) is 57.8 Å². The van der Waals surface area contributed by atoms with Crippen LogP contribution >= 0.6 is 11.6 Å². The number of para-hydroxylation sites is 1. The number of amides is 1. The number of aromatic amines is 1. The number of nitrogens with zero attached hydrogens (tertiary/aromatic N) is 1. The minimum absolute atomic E-state index is 0.0393. The molecule has 0 saturated heterocycles. The predicted molar refractivity (Wildman–Crippen MR) is 75.5 cm³/mol. The van der Waals surface area contributed by atoms with Crippen molar-refractivity contribution in [3.8, 4) is 0 Å². The average molecular weight is 290 g/mol. The molecule has 3 aromatic rings. The highest BCUT2D eigenvalue weighted by Crippen LogP contribution is 2.21. The highest BCUT2D eigenvalue weighted by molar-refractivity contribution is 6.31. The van der Waals surface area contributed by atoms with Crippen molar-refractivity contribution >= 4 is 34.1 Å². The van der Waals surface area contributed by atoms with Crippen LogP contribution in [0.5, 0.6) is 0 Å². The van der Waals surface area contributed by atoms with Gasteiger partial charge in [0.2, 0.25) is 0 Å². The molecule has 3 rings (SSSR count). The summed E-state index contributed by atoms with van der Waals surface area (Å²) in [4.78, 5) is 12.2. The van der Waals surface area contributed by atoms with Gasteiger partial charge in [0.25, 0.3) is 5.91 Å². The summed E-state index contributed by atoms with van der Waals surface area (Å²) in [6.07, 6.45) is 1.64. The summed E-state index contributed by atoms with van der Waals surface area (Å²) in [5, 5.41) is 10.2. The van der Waals surface area contributed by atoms with Gasteiger partial charge >= 0.3 is 0 Å². The Hall–Kier alpha value is -2.40. The molecule has 0 bridgehead atoms. The summed E-state index contributed by atoms with van der Waals surface area (Å²) >= 11 is 5.68. The first kappa shape index (κ1) is 12.6. The first-order valence-corrected chi connectivity index (χ1v) is 6.21. The molecular weight excluding hydrogens is 281 g/mol. The number of carbonyl (C=O) groups excluding carboxylic acids is 1. The van der Waals surface area contributed by atoms with Gasteiger partial charge in [0.15, 0.2) is 0 Å². The lowest BCUT2D eigenvalue weighted by Crippen LogP contribution is -2.12. The van der Waals surface area contributed by atoms with Gasteiger partial charge in [-0.3, -0.25) is 9.89 Å². The van der Waals surface area contributed by atoms with Crippen molar-refractivity contribution in [1.29, 1.82) is 0 Å². The minimum Gasteiger partial charge on any atom is -0.322 e. The fourth-order valence-electron chi connectivity index (χ4n) is 1.93. The Morgan fingerprint density at radius 2 is 2.15 bits per heavy atom. The van der Waals surface area contributed by atoms with Crippen molar-refractivity contribution in [1.82, 2.24) is 10.2 Å². The van der Waals surface area contributed by atoms with Crippen molar-refractivity contribution in [2.24, 2.45) is 0 Å². The molecule has 0 radical (unpaired) electrons. The van der Waals surface area contributed by atoms with E-state index in [2.05, 4.69) is 15.5 Å². The molecular formula is C14H9ClFN3O. The smallest absolute Gasteiger partial charge is 0.257 e. The lowest BCUT2D eigenvalue weighted by molar-refractivity contribution is 0.102. The molecule has 0 fully saturated rings. The SMILES string of the molecule is O=C(Nc1ccc(F)c(Cl)c1)c1cccc2cn[nH]c12. The maximum atomic E-state index is 13.1. The number of hydrogen-bond acceptors (Lipinski definition) is 2. The number of nitrogens with one attached hydrogen (secondary N) is 2. The van der Waals surface area contributed by atoms with E-state index in [9.17, 15) is 9.18 Å². The third-order valence-electron chi connectivity index (χ3n) is 2.90. The van der Waals surface area contributed by atoms with Gasteiger partial charge in [0.1, 0.15) is 5.82 Å². The summed E-state index contributed by atoms with van der Waals surface area (Å²) in [7, 11) is 0. The Kier molecular flexibility index (Phi) is 3.12. The van der Waals surface area contributed by atoms with E-state index in [1.165, 1.54) is 18.2 Å². The van der Waals surface area contributed by atoms with Crippen molar-refractivity contribution in [3.63, 3.8) is 0 Å². The second-order valence-electron chi connectivity index (χ2n) is 4.22.